The molecule has 0 radical (unpaired) electrons. The summed E-state index contributed by atoms with van der Waals surface area (Å²) in [7, 11) is 0. The molecule has 2 aliphatic carbocycles. The van der Waals surface area contributed by atoms with Gasteiger partial charge in [-0.25, -0.2) is 0 Å². The molecule has 0 aromatic heterocycles. The summed E-state index contributed by atoms with van der Waals surface area (Å²) < 4.78 is 0. The Morgan fingerprint density at radius 2 is 1.55 bits per heavy atom. The van der Waals surface area contributed by atoms with Crippen molar-refractivity contribution in [3.63, 3.8) is 0 Å². The van der Waals surface area contributed by atoms with Gasteiger partial charge in [-0.1, -0.05) is 61.8 Å². The third-order valence-corrected chi connectivity index (χ3v) is 9.19. The predicted molar refractivity (Wildman–Crippen MR) is 126 cm³/mol. The van der Waals surface area contributed by atoms with Crippen molar-refractivity contribution in [2.24, 2.45) is 32.8 Å². The number of hydrogen-bond acceptors (Lipinski definition) is 4. The monoisotopic (exact) mass is 462 g/mol. The number of hydrogen-bond donors (Lipinski definition) is 3. The minimum Gasteiger partial charge on any atom is -0.368 e. The lowest BCUT2D eigenvalue weighted by Crippen LogP contribution is -2.61. The van der Waals surface area contributed by atoms with Crippen molar-refractivity contribution >= 4 is 24.1 Å². The quantitative estimate of drug-likeness (QED) is 0.522. The lowest BCUT2D eigenvalue weighted by Gasteiger charge is -2.37. The van der Waals surface area contributed by atoms with Crippen LogP contribution in [0, 0.1) is 27.1 Å². The minimum atomic E-state index is -0.862. The molecule has 1 unspecified atom stereocenters. The fraction of sp³-hybridized carbons (Fsp3) is 0.840. The molecular formula is C25H42N4O4. The maximum absolute atomic E-state index is 13.9. The molecule has 33 heavy (non-hydrogen) atoms. The molecule has 8 nitrogen and oxygen atoms in total. The van der Waals surface area contributed by atoms with Crippen molar-refractivity contribution in [3.8, 4) is 0 Å². The highest BCUT2D eigenvalue weighted by atomic mass is 16.2. The lowest BCUT2D eigenvalue weighted by atomic mass is 9.73. The SMILES string of the molecule is CC(C)(C)C(NC=O)C(=O)N[C@H](C(=O)N1C[C@]2(C[C@H]1C(N)=O)C(C)(C)C21CCC1)C(C)(C)C. The van der Waals surface area contributed by atoms with Gasteiger partial charge < -0.3 is 21.3 Å². The second-order valence-corrected chi connectivity index (χ2v) is 13.1. The van der Waals surface area contributed by atoms with Gasteiger partial charge in [0, 0.05) is 12.0 Å². The van der Waals surface area contributed by atoms with E-state index in [2.05, 4.69) is 24.5 Å². The highest BCUT2D eigenvalue weighted by Crippen LogP contribution is 2.88. The van der Waals surface area contributed by atoms with Gasteiger partial charge in [0.15, 0.2) is 0 Å². The molecule has 2 spiro atoms. The number of carbonyl (C=O) groups is 4. The van der Waals surface area contributed by atoms with Gasteiger partial charge in [0.05, 0.1) is 0 Å². The number of rotatable bonds is 6. The number of amides is 4. The van der Waals surface area contributed by atoms with Gasteiger partial charge in [-0.2, -0.15) is 0 Å². The molecule has 1 aliphatic heterocycles. The zero-order valence-corrected chi connectivity index (χ0v) is 21.5. The number of nitrogens with one attached hydrogen (secondary N) is 2. The number of primary amides is 1. The van der Waals surface area contributed by atoms with Crippen LogP contribution in [-0.2, 0) is 19.2 Å². The van der Waals surface area contributed by atoms with Gasteiger partial charge in [-0.3, -0.25) is 19.2 Å². The Morgan fingerprint density at radius 1 is 1.00 bits per heavy atom. The Kier molecular flexibility index (Phi) is 5.95. The molecule has 0 aromatic rings. The highest BCUT2D eigenvalue weighted by molar-refractivity contribution is 5.94. The number of nitrogens with two attached hydrogens (primary N) is 1. The number of likely N-dealkylation sites (tertiary alicyclic amines) is 1. The fourth-order valence-electron chi connectivity index (χ4n) is 6.91. The Bertz CT molecular complexity index is 849. The first-order valence-corrected chi connectivity index (χ1v) is 12.1. The molecular weight excluding hydrogens is 420 g/mol. The third kappa shape index (κ3) is 3.64. The van der Waals surface area contributed by atoms with E-state index in [1.54, 1.807) is 4.90 Å². The van der Waals surface area contributed by atoms with Crippen molar-refractivity contribution in [2.45, 2.75) is 99.2 Å². The standard InChI is InChI=1S/C25H42N4O4/c1-21(2,3)16(27-14-30)19(32)28-17(22(4,5)6)20(33)29-13-25(12-15(29)18(26)31)23(7,8)24(25)10-9-11-24/h14-17H,9-13H2,1-8H3,(H2,26,31)(H,27,30)(H,28,32)/t15-,16?,17+,25+/m0/s1. The second-order valence-electron chi connectivity index (χ2n) is 13.1. The highest BCUT2D eigenvalue weighted by Gasteiger charge is 2.85. The summed E-state index contributed by atoms with van der Waals surface area (Å²) in [6, 6.07) is -2.34. The van der Waals surface area contributed by atoms with Gasteiger partial charge in [0.1, 0.15) is 18.1 Å². The van der Waals surface area contributed by atoms with E-state index in [4.69, 9.17) is 5.73 Å². The van der Waals surface area contributed by atoms with Gasteiger partial charge >= 0.3 is 0 Å². The van der Waals surface area contributed by atoms with Crippen molar-refractivity contribution in [3.05, 3.63) is 0 Å². The molecule has 3 fully saturated rings. The van der Waals surface area contributed by atoms with Crippen LogP contribution in [0.2, 0.25) is 0 Å². The van der Waals surface area contributed by atoms with Crippen LogP contribution in [-0.4, -0.2) is 53.7 Å². The van der Waals surface area contributed by atoms with E-state index in [0.29, 0.717) is 19.4 Å². The number of nitrogens with zero attached hydrogens (tertiary/aromatic N) is 1. The van der Waals surface area contributed by atoms with E-state index < -0.39 is 40.8 Å². The normalized spacial score (nSPS) is 29.2. The Balaban J connectivity index is 1.89. The van der Waals surface area contributed by atoms with E-state index in [1.807, 2.05) is 41.5 Å². The summed E-state index contributed by atoms with van der Waals surface area (Å²) in [5.41, 5.74) is 4.76. The third-order valence-electron chi connectivity index (χ3n) is 9.19. The second kappa shape index (κ2) is 7.70. The summed E-state index contributed by atoms with van der Waals surface area (Å²) in [6.45, 7) is 16.2. The molecule has 1 saturated heterocycles. The zero-order valence-electron chi connectivity index (χ0n) is 21.5. The molecule has 1 heterocycles. The van der Waals surface area contributed by atoms with E-state index in [1.165, 1.54) is 6.42 Å². The first kappa shape index (κ1) is 25.5. The Labute approximate surface area is 197 Å². The molecule has 4 amide bonds. The van der Waals surface area contributed by atoms with Crippen LogP contribution in [0.3, 0.4) is 0 Å². The van der Waals surface area contributed by atoms with E-state index in [-0.39, 0.29) is 22.2 Å². The average Bonchev–Trinajstić information content (AvgIpc) is 2.88. The molecule has 8 heteroatoms. The summed E-state index contributed by atoms with van der Waals surface area (Å²) in [5.74, 6) is -1.20. The molecule has 3 rings (SSSR count). The molecule has 4 N–H and O–H groups in total. The van der Waals surface area contributed by atoms with Crippen LogP contribution in [0.25, 0.3) is 0 Å². The van der Waals surface area contributed by atoms with Crippen molar-refractivity contribution in [1.82, 2.24) is 15.5 Å². The van der Waals surface area contributed by atoms with E-state index in [0.717, 1.165) is 12.8 Å². The first-order valence-electron chi connectivity index (χ1n) is 12.1. The first-order chi connectivity index (χ1) is 15.0. The molecule has 3 aliphatic rings. The van der Waals surface area contributed by atoms with Crippen LogP contribution in [0.5, 0.6) is 0 Å². The van der Waals surface area contributed by atoms with Crippen LogP contribution >= 0.6 is 0 Å². The van der Waals surface area contributed by atoms with Crippen LogP contribution < -0.4 is 16.4 Å². The van der Waals surface area contributed by atoms with Crippen molar-refractivity contribution in [2.75, 3.05) is 6.54 Å². The Morgan fingerprint density at radius 3 is 1.91 bits per heavy atom. The molecule has 0 aromatic carbocycles. The van der Waals surface area contributed by atoms with Crippen molar-refractivity contribution < 1.29 is 19.2 Å². The molecule has 186 valence electrons. The van der Waals surface area contributed by atoms with Crippen molar-refractivity contribution in [1.29, 1.82) is 0 Å². The molecule has 2 saturated carbocycles. The zero-order chi connectivity index (χ0) is 25.2. The Hall–Kier alpha value is -2.12. The number of fused-ring (bicyclic) bond motifs is 1. The lowest BCUT2D eigenvalue weighted by molar-refractivity contribution is -0.144. The van der Waals surface area contributed by atoms with Crippen LogP contribution in [0.1, 0.15) is 81.1 Å². The predicted octanol–water partition coefficient (Wildman–Crippen LogP) is 1.96. The van der Waals surface area contributed by atoms with Crippen LogP contribution in [0.4, 0.5) is 0 Å². The molecule has 0 bridgehead atoms. The van der Waals surface area contributed by atoms with E-state index in [9.17, 15) is 19.2 Å². The van der Waals surface area contributed by atoms with Gasteiger partial charge in [-0.05, 0) is 40.9 Å². The van der Waals surface area contributed by atoms with Gasteiger partial charge in [0.25, 0.3) is 0 Å². The van der Waals surface area contributed by atoms with E-state index >= 15 is 0 Å². The number of carbonyl (C=O) groups excluding carboxylic acids is 4. The smallest absolute Gasteiger partial charge is 0.246 e. The van der Waals surface area contributed by atoms with Gasteiger partial charge in [-0.15, -0.1) is 0 Å². The summed E-state index contributed by atoms with van der Waals surface area (Å²) in [5, 5.41) is 5.48. The maximum Gasteiger partial charge on any atom is 0.246 e. The molecule has 4 atom stereocenters. The minimum absolute atomic E-state index is 0.0483. The van der Waals surface area contributed by atoms with Gasteiger partial charge in [0.2, 0.25) is 24.1 Å². The largest absolute Gasteiger partial charge is 0.368 e. The fourth-order valence-corrected chi connectivity index (χ4v) is 6.91. The summed E-state index contributed by atoms with van der Waals surface area (Å²) in [6.07, 6.45) is 4.52. The topological polar surface area (TPSA) is 122 Å². The van der Waals surface area contributed by atoms with Crippen LogP contribution in [0.15, 0.2) is 0 Å². The average molecular weight is 463 g/mol. The maximum atomic E-state index is 13.9. The summed E-state index contributed by atoms with van der Waals surface area (Å²) >= 11 is 0. The summed E-state index contributed by atoms with van der Waals surface area (Å²) in [4.78, 5) is 52.3.